The van der Waals surface area contributed by atoms with E-state index >= 15 is 0 Å². The summed E-state index contributed by atoms with van der Waals surface area (Å²) in [5, 5.41) is 14.8. The molecule has 6 heteroatoms. The Bertz CT molecular complexity index is 7930. The van der Waals surface area contributed by atoms with Crippen molar-refractivity contribution in [2.75, 3.05) is 0 Å². The van der Waals surface area contributed by atoms with Gasteiger partial charge in [0.1, 0.15) is 11.2 Å². The van der Waals surface area contributed by atoms with Gasteiger partial charge in [0.15, 0.2) is 0 Å². The largest absolute Gasteiger partial charge is 0.455 e. The van der Waals surface area contributed by atoms with Crippen LogP contribution in [0.5, 0.6) is 0 Å². The molecule has 0 N–H and O–H groups in total. The lowest BCUT2D eigenvalue weighted by atomic mass is 9.97. The van der Waals surface area contributed by atoms with E-state index in [0.29, 0.717) is 0 Å². The summed E-state index contributed by atoms with van der Waals surface area (Å²) in [4.78, 5) is 0. The number of hydrogen-bond acceptors (Lipinski definition) is 2. The van der Waals surface area contributed by atoms with Gasteiger partial charge in [0.25, 0.3) is 0 Å². The van der Waals surface area contributed by atoms with Crippen LogP contribution in [0.3, 0.4) is 0 Å². The lowest BCUT2D eigenvalue weighted by Crippen LogP contribution is -1.94. The molecule has 0 saturated carbocycles. The fourth-order valence-electron chi connectivity index (χ4n) is 18.2. The summed E-state index contributed by atoms with van der Waals surface area (Å²) in [7, 11) is 0. The van der Waals surface area contributed by atoms with Gasteiger partial charge >= 0.3 is 0 Å². The third-order valence-corrected chi connectivity index (χ3v) is 24.6. The number of hydrogen-bond donors (Lipinski definition) is 0. The van der Waals surface area contributed by atoms with Crippen LogP contribution in [-0.4, -0.2) is 18.3 Å². The van der Waals surface area contributed by atoms with Gasteiger partial charge in [0.05, 0.1) is 44.1 Å². The number of rotatable bonds is 10. The highest BCUT2D eigenvalue weighted by Gasteiger charge is 2.23. The Labute approximate surface area is 660 Å². The first-order valence-electron chi connectivity index (χ1n) is 39.0. The Hall–Kier alpha value is -14.8. The SMILES string of the molecule is c1ccc(-c2ccc(-n3c4ccc(-c5ccc6c(c5)c5ccccc5n6-c5ccccc5)cc4c4cc(-c5cccc6c5oc5ccccc56)ccc43)cc2)cc1.c1ccc(-c2ccc(-n3c4ccc(-c5ccc6c(c5)c5ccccc5n6-c5ccccc5)cc4c4cc(-c5cccc6sc7ccccc7c56)ccc43)cc2)cc1. The van der Waals surface area contributed by atoms with Gasteiger partial charge in [-0.05, 0) is 213 Å². The van der Waals surface area contributed by atoms with E-state index in [2.05, 4.69) is 425 Å². The van der Waals surface area contributed by atoms with Crippen molar-refractivity contribution in [2.45, 2.75) is 0 Å². The van der Waals surface area contributed by atoms with Crippen molar-refractivity contribution < 1.29 is 4.42 Å². The molecule has 0 radical (unpaired) electrons. The monoisotopic (exact) mass is 1470 g/mol. The van der Waals surface area contributed by atoms with Crippen molar-refractivity contribution in [1.29, 1.82) is 0 Å². The van der Waals surface area contributed by atoms with Gasteiger partial charge in [-0.15, -0.1) is 11.3 Å². The molecular formula is C108H68N4OS. The van der Waals surface area contributed by atoms with Crippen molar-refractivity contribution in [3.05, 3.63) is 413 Å². The first kappa shape index (κ1) is 65.1. The van der Waals surface area contributed by atoms with Gasteiger partial charge in [-0.1, -0.05) is 261 Å². The second kappa shape index (κ2) is 26.5. The Kier molecular flexibility index (Phi) is 15.1. The zero-order valence-electron chi connectivity index (χ0n) is 61.9. The van der Waals surface area contributed by atoms with E-state index in [1.807, 2.05) is 17.4 Å². The third kappa shape index (κ3) is 10.6. The average molecular weight is 1470 g/mol. The molecule has 114 heavy (non-hydrogen) atoms. The van der Waals surface area contributed by atoms with Gasteiger partial charge in [0.2, 0.25) is 0 Å². The molecule has 0 aliphatic carbocycles. The first-order valence-corrected chi connectivity index (χ1v) is 39.8. The maximum atomic E-state index is 6.53. The van der Waals surface area contributed by atoms with Gasteiger partial charge in [-0.25, -0.2) is 0 Å². The van der Waals surface area contributed by atoms with Gasteiger partial charge in [-0.2, -0.15) is 0 Å². The lowest BCUT2D eigenvalue weighted by molar-refractivity contribution is 0.670. The van der Waals surface area contributed by atoms with Crippen molar-refractivity contribution in [3.8, 4) is 89.5 Å². The van der Waals surface area contributed by atoms with Gasteiger partial charge in [0, 0.05) is 102 Å². The smallest absolute Gasteiger partial charge is 0.143 e. The molecule has 0 aliphatic heterocycles. The molecule has 0 fully saturated rings. The normalized spacial score (nSPS) is 11.9. The molecule has 0 amide bonds. The number of aromatic nitrogens is 4. The minimum absolute atomic E-state index is 0.907. The van der Waals surface area contributed by atoms with E-state index in [9.17, 15) is 0 Å². The maximum Gasteiger partial charge on any atom is 0.143 e. The number of thiophene rings is 1. The fourth-order valence-corrected chi connectivity index (χ4v) is 19.3. The number of benzene rings is 18. The lowest BCUT2D eigenvalue weighted by Gasteiger charge is -2.11. The molecule has 0 aliphatic rings. The van der Waals surface area contributed by atoms with Crippen LogP contribution in [0.15, 0.2) is 417 Å². The Balaban J connectivity index is 0.000000135. The predicted molar refractivity (Wildman–Crippen MR) is 483 cm³/mol. The van der Waals surface area contributed by atoms with Crippen LogP contribution in [0.25, 0.3) is 219 Å². The number of furan rings is 1. The quantitative estimate of drug-likeness (QED) is 0.134. The fraction of sp³-hybridized carbons (Fsp3) is 0. The average Bonchev–Trinajstić information content (AvgIpc) is 1.57. The minimum atomic E-state index is 0.907. The summed E-state index contributed by atoms with van der Waals surface area (Å²) in [6, 6.07) is 150. The molecule has 6 heterocycles. The zero-order valence-corrected chi connectivity index (χ0v) is 62.7. The summed E-state index contributed by atoms with van der Waals surface area (Å²) < 4.78 is 18.8. The summed E-state index contributed by atoms with van der Waals surface area (Å²) in [6.07, 6.45) is 0. The molecule has 24 aromatic rings. The molecule has 0 bridgehead atoms. The van der Waals surface area contributed by atoms with Gasteiger partial charge < -0.3 is 22.7 Å². The van der Waals surface area contributed by atoms with Gasteiger partial charge in [-0.3, -0.25) is 0 Å². The van der Waals surface area contributed by atoms with Crippen LogP contribution >= 0.6 is 11.3 Å². The molecule has 5 nitrogen and oxygen atoms in total. The molecule has 6 aromatic heterocycles. The Morgan fingerprint density at radius 1 is 0.175 bits per heavy atom. The van der Waals surface area contributed by atoms with Crippen LogP contribution in [0.4, 0.5) is 0 Å². The summed E-state index contributed by atoms with van der Waals surface area (Å²) in [5.41, 5.74) is 30.4. The van der Waals surface area contributed by atoms with E-state index in [4.69, 9.17) is 4.42 Å². The highest BCUT2D eigenvalue weighted by atomic mass is 32.1. The predicted octanol–water partition coefficient (Wildman–Crippen LogP) is 30.0. The van der Waals surface area contributed by atoms with Crippen LogP contribution in [-0.2, 0) is 0 Å². The van der Waals surface area contributed by atoms with Crippen molar-refractivity contribution in [1.82, 2.24) is 18.3 Å². The topological polar surface area (TPSA) is 32.9 Å². The maximum absolute atomic E-state index is 6.53. The Morgan fingerprint density at radius 2 is 0.474 bits per heavy atom. The van der Waals surface area contributed by atoms with E-state index in [1.165, 1.54) is 163 Å². The number of fused-ring (bicyclic) bond motifs is 18. The molecule has 0 atom stereocenters. The van der Waals surface area contributed by atoms with Crippen molar-refractivity contribution >= 4 is 141 Å². The summed E-state index contributed by atoms with van der Waals surface area (Å²) in [6.45, 7) is 0. The van der Waals surface area contributed by atoms with Crippen LogP contribution < -0.4 is 0 Å². The van der Waals surface area contributed by atoms with Crippen LogP contribution in [0.2, 0.25) is 0 Å². The standard InChI is InChI=1S/C54H34N2O.C54H34N2S/c1-3-12-35(13-4-1)36-22-27-41(28-23-36)56-51-30-25-38(37-24-29-50-46(32-37)43-16-7-9-20-49(43)55(50)40-14-5-2-6-15-40)33-47(51)48-34-39(26-31-52(48)56)42-18-11-19-45-44-17-8-10-21-53(44)57-54(42)45;1-3-12-35(13-4-1)36-22-27-41(28-23-36)56-50-30-25-38(37-24-29-49-45(32-37)43-16-7-9-19-48(43)55(49)40-14-5-2-6-15-40)33-46(50)47-34-39(26-31-51(47)56)42-18-11-21-53-54(42)44-17-8-10-20-52(44)57-53/h2*1-34H. The minimum Gasteiger partial charge on any atom is -0.455 e. The molecule has 18 aromatic carbocycles. The van der Waals surface area contributed by atoms with Crippen molar-refractivity contribution in [2.24, 2.45) is 0 Å². The second-order valence-corrected chi connectivity index (χ2v) is 30.9. The number of nitrogens with zero attached hydrogens (tertiary/aromatic N) is 4. The van der Waals surface area contributed by atoms with E-state index in [-0.39, 0.29) is 0 Å². The third-order valence-electron chi connectivity index (χ3n) is 23.5. The zero-order chi connectivity index (χ0) is 74.9. The van der Waals surface area contributed by atoms with Crippen LogP contribution in [0, 0.1) is 0 Å². The second-order valence-electron chi connectivity index (χ2n) is 29.8. The molecule has 24 rings (SSSR count). The van der Waals surface area contributed by atoms with Crippen LogP contribution in [0.1, 0.15) is 0 Å². The highest BCUT2D eigenvalue weighted by molar-refractivity contribution is 7.26. The van der Waals surface area contributed by atoms with E-state index < -0.39 is 0 Å². The highest BCUT2D eigenvalue weighted by Crippen LogP contribution is 2.47. The van der Waals surface area contributed by atoms with E-state index in [1.54, 1.807) is 0 Å². The molecule has 0 saturated heterocycles. The molecule has 0 unspecified atom stereocenters. The van der Waals surface area contributed by atoms with E-state index in [0.717, 1.165) is 55.6 Å². The molecule has 0 spiro atoms. The summed E-state index contributed by atoms with van der Waals surface area (Å²) in [5.74, 6) is 0. The number of para-hydroxylation sites is 6. The first-order chi connectivity index (χ1) is 56.5. The van der Waals surface area contributed by atoms with Crippen molar-refractivity contribution in [3.63, 3.8) is 0 Å². The molecular weight excluding hydrogens is 1400 g/mol. The Morgan fingerprint density at radius 3 is 0.939 bits per heavy atom. The molecule has 532 valence electrons. The summed E-state index contributed by atoms with van der Waals surface area (Å²) >= 11 is 1.87.